The Bertz CT molecular complexity index is 1640. The summed E-state index contributed by atoms with van der Waals surface area (Å²) in [5.41, 5.74) is 1.49. The molecule has 1 unspecified atom stereocenters. The van der Waals surface area contributed by atoms with Crippen molar-refractivity contribution in [3.05, 3.63) is 54.5 Å². The van der Waals surface area contributed by atoms with E-state index in [4.69, 9.17) is 5.26 Å². The molecule has 2 aliphatic heterocycles. The van der Waals surface area contributed by atoms with Gasteiger partial charge < -0.3 is 20.4 Å². The lowest BCUT2D eigenvalue weighted by molar-refractivity contribution is -0.131. The molecule has 4 aromatic rings. The molecule has 2 fully saturated rings. The number of hydrogen-bond acceptors (Lipinski definition) is 9. The van der Waals surface area contributed by atoms with Crippen LogP contribution >= 0.6 is 0 Å². The van der Waals surface area contributed by atoms with Crippen LogP contribution in [0.3, 0.4) is 0 Å². The van der Waals surface area contributed by atoms with Gasteiger partial charge in [0.05, 0.1) is 12.3 Å². The van der Waals surface area contributed by atoms with Crippen LogP contribution in [0.4, 0.5) is 20.4 Å². The Morgan fingerprint density at radius 1 is 1.12 bits per heavy atom. The number of amides is 1. The number of rotatable bonds is 6. The van der Waals surface area contributed by atoms with Gasteiger partial charge in [-0.1, -0.05) is 0 Å². The molecule has 2 N–H and O–H groups in total. The highest BCUT2D eigenvalue weighted by atomic mass is 19.1. The SMILES string of the molecule is N#CCC(=O)N1CCCC(Nc2nc(-c3cnc4ccc(F)cn34)nc(-c3ccnc(N4CCCNCC4)c3)c2F)C1. The van der Waals surface area contributed by atoms with Crippen LogP contribution in [-0.2, 0) is 4.79 Å². The molecule has 0 spiro atoms. The lowest BCUT2D eigenvalue weighted by Crippen LogP contribution is -2.45. The molecular formula is C29H30F2N10O. The molecule has 2 saturated heterocycles. The fraction of sp³-hybridized carbons (Fsp3) is 0.379. The fourth-order valence-electron chi connectivity index (χ4n) is 5.48. The maximum atomic E-state index is 16.3. The van der Waals surface area contributed by atoms with Gasteiger partial charge in [0.2, 0.25) is 5.91 Å². The lowest BCUT2D eigenvalue weighted by atomic mass is 10.0. The van der Waals surface area contributed by atoms with Gasteiger partial charge in [0.15, 0.2) is 17.5 Å². The minimum absolute atomic E-state index is 0.0294. The molecule has 2 aliphatic rings. The predicted octanol–water partition coefficient (Wildman–Crippen LogP) is 3.25. The maximum Gasteiger partial charge on any atom is 0.236 e. The van der Waals surface area contributed by atoms with Crippen LogP contribution in [0.5, 0.6) is 0 Å². The smallest absolute Gasteiger partial charge is 0.236 e. The third-order valence-corrected chi connectivity index (χ3v) is 7.58. The summed E-state index contributed by atoms with van der Waals surface area (Å²) in [6.07, 6.45) is 6.60. The first-order valence-corrected chi connectivity index (χ1v) is 14.0. The van der Waals surface area contributed by atoms with E-state index in [2.05, 4.69) is 35.5 Å². The standard InChI is InChI=1S/C29H30F2N10O/c30-20-4-5-23-35-16-22(41(23)17-20)28-37-27(19-7-10-34-24(15-19)39-13-2-9-33-11-14-39)26(31)29(38-28)36-21-3-1-12-40(18-21)25(42)6-8-32/h4-5,7,10,15-17,21,33H,1-3,6,9,11-14,18H2,(H,36,37,38). The summed E-state index contributed by atoms with van der Waals surface area (Å²) in [4.78, 5) is 34.2. The monoisotopic (exact) mass is 572 g/mol. The van der Waals surface area contributed by atoms with Gasteiger partial charge in [-0.25, -0.2) is 28.7 Å². The van der Waals surface area contributed by atoms with Crippen molar-refractivity contribution >= 4 is 23.2 Å². The summed E-state index contributed by atoms with van der Waals surface area (Å²) in [6, 6.07) is 7.99. The molecule has 0 bridgehead atoms. The van der Waals surface area contributed by atoms with Crippen molar-refractivity contribution in [2.24, 2.45) is 0 Å². The summed E-state index contributed by atoms with van der Waals surface area (Å²) in [7, 11) is 0. The number of pyridine rings is 2. The van der Waals surface area contributed by atoms with E-state index in [1.165, 1.54) is 22.9 Å². The molecule has 0 saturated carbocycles. The number of fused-ring (bicyclic) bond motifs is 1. The molecule has 1 amide bonds. The van der Waals surface area contributed by atoms with Crippen molar-refractivity contribution < 1.29 is 13.6 Å². The molecule has 13 heteroatoms. The van der Waals surface area contributed by atoms with Gasteiger partial charge in [-0.3, -0.25) is 9.20 Å². The Morgan fingerprint density at radius 2 is 2.02 bits per heavy atom. The predicted molar refractivity (Wildman–Crippen MR) is 153 cm³/mol. The third kappa shape index (κ3) is 5.71. The van der Waals surface area contributed by atoms with Crippen LogP contribution in [0.25, 0.3) is 28.4 Å². The van der Waals surface area contributed by atoms with Gasteiger partial charge in [0.1, 0.15) is 35.1 Å². The van der Waals surface area contributed by atoms with E-state index in [9.17, 15) is 9.18 Å². The summed E-state index contributed by atoms with van der Waals surface area (Å²) < 4.78 is 32.0. The van der Waals surface area contributed by atoms with Gasteiger partial charge >= 0.3 is 0 Å². The van der Waals surface area contributed by atoms with Crippen LogP contribution < -0.4 is 15.5 Å². The van der Waals surface area contributed by atoms with Crippen LogP contribution in [0.1, 0.15) is 25.7 Å². The Hall–Kier alpha value is -4.70. The maximum absolute atomic E-state index is 16.3. The summed E-state index contributed by atoms with van der Waals surface area (Å²) in [5, 5.41) is 15.5. The first kappa shape index (κ1) is 27.5. The minimum atomic E-state index is -0.645. The first-order chi connectivity index (χ1) is 20.5. The zero-order valence-electron chi connectivity index (χ0n) is 22.9. The van der Waals surface area contributed by atoms with E-state index in [0.29, 0.717) is 42.8 Å². The number of carbonyl (C=O) groups is 1. The van der Waals surface area contributed by atoms with Crippen molar-refractivity contribution in [2.75, 3.05) is 49.5 Å². The highest BCUT2D eigenvalue weighted by Gasteiger charge is 2.27. The number of likely N-dealkylation sites (tertiary alicyclic amines) is 1. The van der Waals surface area contributed by atoms with Crippen molar-refractivity contribution in [3.8, 4) is 28.8 Å². The zero-order chi connectivity index (χ0) is 29.1. The number of carbonyl (C=O) groups excluding carboxylic acids is 1. The number of aromatic nitrogens is 5. The molecular weight excluding hydrogens is 542 g/mol. The van der Waals surface area contributed by atoms with Crippen molar-refractivity contribution in [1.29, 1.82) is 5.26 Å². The third-order valence-electron chi connectivity index (χ3n) is 7.58. The molecule has 11 nitrogen and oxygen atoms in total. The molecule has 0 radical (unpaired) electrons. The average Bonchev–Trinajstić information content (AvgIpc) is 3.22. The van der Waals surface area contributed by atoms with Gasteiger partial charge in [-0.05, 0) is 50.1 Å². The number of nitriles is 1. The minimum Gasteiger partial charge on any atom is -0.363 e. The number of halogens is 2. The second-order valence-corrected chi connectivity index (χ2v) is 10.4. The van der Waals surface area contributed by atoms with Crippen molar-refractivity contribution in [3.63, 3.8) is 0 Å². The number of imidazole rings is 1. The number of anilines is 2. The van der Waals surface area contributed by atoms with Crippen LogP contribution in [0, 0.1) is 23.0 Å². The molecule has 6 rings (SSSR count). The Balaban J connectivity index is 1.41. The highest BCUT2D eigenvalue weighted by molar-refractivity contribution is 5.78. The Morgan fingerprint density at radius 3 is 2.90 bits per heavy atom. The molecule has 42 heavy (non-hydrogen) atoms. The normalized spacial score (nSPS) is 17.6. The first-order valence-electron chi connectivity index (χ1n) is 14.0. The van der Waals surface area contributed by atoms with Crippen molar-refractivity contribution in [2.45, 2.75) is 31.7 Å². The topological polar surface area (TPSA) is 127 Å². The second kappa shape index (κ2) is 12.0. The van der Waals surface area contributed by atoms with Gasteiger partial charge in [-0.2, -0.15) is 5.26 Å². The van der Waals surface area contributed by atoms with E-state index in [-0.39, 0.29) is 35.7 Å². The lowest BCUT2D eigenvalue weighted by Gasteiger charge is -2.33. The van der Waals surface area contributed by atoms with Gasteiger partial charge in [0, 0.05) is 56.7 Å². The largest absolute Gasteiger partial charge is 0.363 e. The van der Waals surface area contributed by atoms with Crippen LogP contribution in [-0.4, -0.2) is 80.5 Å². The van der Waals surface area contributed by atoms with Crippen LogP contribution in [0.15, 0.2) is 42.9 Å². The molecule has 4 aromatic heterocycles. The van der Waals surface area contributed by atoms with E-state index < -0.39 is 11.6 Å². The number of piperidine rings is 1. The van der Waals surface area contributed by atoms with Gasteiger partial charge in [0.25, 0.3) is 0 Å². The van der Waals surface area contributed by atoms with Gasteiger partial charge in [-0.15, -0.1) is 0 Å². The molecule has 0 aromatic carbocycles. The fourth-order valence-corrected chi connectivity index (χ4v) is 5.48. The summed E-state index contributed by atoms with van der Waals surface area (Å²) >= 11 is 0. The summed E-state index contributed by atoms with van der Waals surface area (Å²) in [5.74, 6) is -0.502. The average molecular weight is 573 g/mol. The van der Waals surface area contributed by atoms with E-state index in [1.54, 1.807) is 23.2 Å². The number of hydrogen-bond donors (Lipinski definition) is 2. The second-order valence-electron chi connectivity index (χ2n) is 10.4. The van der Waals surface area contributed by atoms with E-state index in [0.717, 1.165) is 38.4 Å². The quantitative estimate of drug-likeness (QED) is 0.358. The highest BCUT2D eigenvalue weighted by Crippen LogP contribution is 2.31. The Labute approximate surface area is 241 Å². The van der Waals surface area contributed by atoms with Crippen LogP contribution in [0.2, 0.25) is 0 Å². The summed E-state index contributed by atoms with van der Waals surface area (Å²) in [6.45, 7) is 4.21. The number of nitrogens with zero attached hydrogens (tertiary/aromatic N) is 8. The molecule has 0 aliphatic carbocycles. The number of nitrogens with one attached hydrogen (secondary N) is 2. The zero-order valence-corrected chi connectivity index (χ0v) is 22.9. The molecule has 1 atom stereocenters. The van der Waals surface area contributed by atoms with Crippen molar-refractivity contribution in [1.82, 2.24) is 34.6 Å². The van der Waals surface area contributed by atoms with E-state index in [1.807, 2.05) is 12.1 Å². The Kier molecular flexibility index (Phi) is 7.87. The molecule has 216 valence electrons. The molecule has 6 heterocycles. The van der Waals surface area contributed by atoms with E-state index >= 15 is 4.39 Å².